The molecule has 0 heterocycles. The first kappa shape index (κ1) is 16.0. The highest BCUT2D eigenvalue weighted by molar-refractivity contribution is 5.32. The summed E-state index contributed by atoms with van der Waals surface area (Å²) in [7, 11) is 0. The summed E-state index contributed by atoms with van der Waals surface area (Å²) in [6.07, 6.45) is 1.06. The Labute approximate surface area is 117 Å². The van der Waals surface area contributed by atoms with Gasteiger partial charge in [0.05, 0.1) is 6.61 Å². The molecule has 0 atom stereocenters. The van der Waals surface area contributed by atoms with Crippen LogP contribution < -0.4 is 10.5 Å². The van der Waals surface area contributed by atoms with Gasteiger partial charge in [0.25, 0.3) is 0 Å². The van der Waals surface area contributed by atoms with Crippen LogP contribution in [-0.2, 0) is 6.54 Å². The molecule has 2 N–H and O–H groups in total. The molecule has 0 radical (unpaired) electrons. The molecule has 0 unspecified atom stereocenters. The van der Waals surface area contributed by atoms with E-state index in [0.29, 0.717) is 6.54 Å². The first-order valence-electron chi connectivity index (χ1n) is 7.30. The summed E-state index contributed by atoms with van der Waals surface area (Å²) in [6.45, 7) is 11.4. The molecule has 0 aliphatic carbocycles. The molecule has 0 fully saturated rings. The topological polar surface area (TPSA) is 38.5 Å². The smallest absolute Gasteiger partial charge is 0.123 e. The predicted octanol–water partition coefficient (Wildman–Crippen LogP) is 2.89. The lowest BCUT2D eigenvalue weighted by Gasteiger charge is -2.22. The minimum Gasteiger partial charge on any atom is -0.493 e. The normalized spacial score (nSPS) is 11.3. The van der Waals surface area contributed by atoms with Crippen LogP contribution in [0.4, 0.5) is 0 Å². The SMILES string of the molecule is CCN(CCCOc1ccccc1CN)CC(C)C. The Morgan fingerprint density at radius 2 is 2.00 bits per heavy atom. The molecule has 0 bridgehead atoms. The molecule has 1 rings (SSSR count). The van der Waals surface area contributed by atoms with Crippen molar-refractivity contribution in [1.29, 1.82) is 0 Å². The second-order valence-corrected chi connectivity index (χ2v) is 5.30. The molecule has 0 saturated carbocycles. The van der Waals surface area contributed by atoms with E-state index in [1.54, 1.807) is 0 Å². The van der Waals surface area contributed by atoms with Crippen molar-refractivity contribution in [2.75, 3.05) is 26.2 Å². The van der Waals surface area contributed by atoms with Crippen LogP contribution in [0, 0.1) is 5.92 Å². The average molecular weight is 264 g/mol. The van der Waals surface area contributed by atoms with Crippen molar-refractivity contribution in [3.8, 4) is 5.75 Å². The number of rotatable bonds is 9. The number of hydrogen-bond acceptors (Lipinski definition) is 3. The zero-order valence-corrected chi connectivity index (χ0v) is 12.6. The van der Waals surface area contributed by atoms with E-state index >= 15 is 0 Å². The third kappa shape index (κ3) is 6.08. The number of benzene rings is 1. The van der Waals surface area contributed by atoms with Crippen molar-refractivity contribution >= 4 is 0 Å². The van der Waals surface area contributed by atoms with Crippen molar-refractivity contribution in [2.24, 2.45) is 11.7 Å². The van der Waals surface area contributed by atoms with E-state index < -0.39 is 0 Å². The molecule has 1 aromatic rings. The molecule has 1 aromatic carbocycles. The first-order valence-corrected chi connectivity index (χ1v) is 7.30. The highest BCUT2D eigenvalue weighted by atomic mass is 16.5. The van der Waals surface area contributed by atoms with E-state index in [2.05, 4.69) is 25.7 Å². The summed E-state index contributed by atoms with van der Waals surface area (Å²) in [5.41, 5.74) is 6.77. The van der Waals surface area contributed by atoms with Crippen LogP contribution in [0.3, 0.4) is 0 Å². The van der Waals surface area contributed by atoms with E-state index in [4.69, 9.17) is 10.5 Å². The Hall–Kier alpha value is -1.06. The largest absolute Gasteiger partial charge is 0.493 e. The summed E-state index contributed by atoms with van der Waals surface area (Å²) >= 11 is 0. The third-order valence-corrected chi connectivity index (χ3v) is 3.14. The summed E-state index contributed by atoms with van der Waals surface area (Å²) in [6, 6.07) is 8.00. The molecule has 108 valence electrons. The number of para-hydroxylation sites is 1. The maximum absolute atomic E-state index is 5.82. The summed E-state index contributed by atoms with van der Waals surface area (Å²) in [5, 5.41) is 0. The van der Waals surface area contributed by atoms with Crippen molar-refractivity contribution in [3.05, 3.63) is 29.8 Å². The van der Waals surface area contributed by atoms with Gasteiger partial charge in [-0.2, -0.15) is 0 Å². The van der Waals surface area contributed by atoms with E-state index in [9.17, 15) is 0 Å². The molecule has 3 nitrogen and oxygen atoms in total. The van der Waals surface area contributed by atoms with Gasteiger partial charge in [-0.1, -0.05) is 39.0 Å². The standard InChI is InChI=1S/C16H28N2O/c1-4-18(13-14(2)3)10-7-11-19-16-9-6-5-8-15(16)12-17/h5-6,8-9,14H,4,7,10-13,17H2,1-3H3. The highest BCUT2D eigenvalue weighted by Gasteiger charge is 2.05. The molecule has 0 spiro atoms. The lowest BCUT2D eigenvalue weighted by atomic mass is 10.2. The molecular formula is C16H28N2O. The van der Waals surface area contributed by atoms with Crippen LogP contribution in [-0.4, -0.2) is 31.1 Å². The predicted molar refractivity (Wildman–Crippen MR) is 81.4 cm³/mol. The van der Waals surface area contributed by atoms with Gasteiger partial charge in [-0.25, -0.2) is 0 Å². The molecule has 0 saturated heterocycles. The van der Waals surface area contributed by atoms with Gasteiger partial charge in [-0.15, -0.1) is 0 Å². The van der Waals surface area contributed by atoms with Crippen LogP contribution in [0.15, 0.2) is 24.3 Å². The van der Waals surface area contributed by atoms with Crippen LogP contribution in [0.2, 0.25) is 0 Å². The van der Waals surface area contributed by atoms with E-state index in [-0.39, 0.29) is 0 Å². The minimum atomic E-state index is 0.532. The fourth-order valence-corrected chi connectivity index (χ4v) is 2.18. The van der Waals surface area contributed by atoms with Crippen LogP contribution in [0.1, 0.15) is 32.8 Å². The lowest BCUT2D eigenvalue weighted by Crippen LogP contribution is -2.29. The minimum absolute atomic E-state index is 0.532. The number of ether oxygens (including phenoxy) is 1. The van der Waals surface area contributed by atoms with Gasteiger partial charge >= 0.3 is 0 Å². The molecular weight excluding hydrogens is 236 g/mol. The molecule has 0 aliphatic heterocycles. The van der Waals surface area contributed by atoms with Gasteiger partial charge < -0.3 is 15.4 Å². The number of hydrogen-bond donors (Lipinski definition) is 1. The Kier molecular flexibility index (Phi) is 7.53. The first-order chi connectivity index (χ1) is 9.17. The maximum atomic E-state index is 5.82. The molecule has 3 heteroatoms. The summed E-state index contributed by atoms with van der Waals surface area (Å²) in [4.78, 5) is 2.48. The Morgan fingerprint density at radius 3 is 2.63 bits per heavy atom. The fourth-order valence-electron chi connectivity index (χ4n) is 2.18. The van der Waals surface area contributed by atoms with Gasteiger partial charge in [-0.05, 0) is 24.9 Å². The molecule has 0 aromatic heterocycles. The molecule has 0 aliphatic rings. The van der Waals surface area contributed by atoms with E-state index in [1.807, 2.05) is 24.3 Å². The van der Waals surface area contributed by atoms with Gasteiger partial charge in [0, 0.05) is 25.2 Å². The number of nitrogens with zero attached hydrogens (tertiary/aromatic N) is 1. The highest BCUT2D eigenvalue weighted by Crippen LogP contribution is 2.17. The quantitative estimate of drug-likeness (QED) is 0.697. The van der Waals surface area contributed by atoms with Crippen molar-refractivity contribution in [3.63, 3.8) is 0 Å². The second kappa shape index (κ2) is 8.94. The zero-order valence-electron chi connectivity index (χ0n) is 12.6. The Morgan fingerprint density at radius 1 is 1.26 bits per heavy atom. The second-order valence-electron chi connectivity index (χ2n) is 5.30. The Balaban J connectivity index is 2.30. The van der Waals surface area contributed by atoms with Crippen LogP contribution >= 0.6 is 0 Å². The van der Waals surface area contributed by atoms with E-state index in [0.717, 1.165) is 49.9 Å². The molecule has 0 amide bonds. The van der Waals surface area contributed by atoms with Crippen LogP contribution in [0.25, 0.3) is 0 Å². The molecule has 19 heavy (non-hydrogen) atoms. The maximum Gasteiger partial charge on any atom is 0.123 e. The van der Waals surface area contributed by atoms with Gasteiger partial charge in [-0.3, -0.25) is 0 Å². The zero-order chi connectivity index (χ0) is 14.1. The monoisotopic (exact) mass is 264 g/mol. The van der Waals surface area contributed by atoms with Gasteiger partial charge in [0.15, 0.2) is 0 Å². The average Bonchev–Trinajstić information content (AvgIpc) is 2.42. The summed E-state index contributed by atoms with van der Waals surface area (Å²) in [5.74, 6) is 1.65. The van der Waals surface area contributed by atoms with Gasteiger partial charge in [0.1, 0.15) is 5.75 Å². The van der Waals surface area contributed by atoms with Crippen LogP contribution in [0.5, 0.6) is 5.75 Å². The van der Waals surface area contributed by atoms with Crippen molar-refractivity contribution < 1.29 is 4.74 Å². The number of nitrogens with two attached hydrogens (primary N) is 1. The lowest BCUT2D eigenvalue weighted by molar-refractivity contribution is 0.223. The van der Waals surface area contributed by atoms with Crippen molar-refractivity contribution in [2.45, 2.75) is 33.7 Å². The van der Waals surface area contributed by atoms with Crippen molar-refractivity contribution in [1.82, 2.24) is 4.90 Å². The van der Waals surface area contributed by atoms with Gasteiger partial charge in [0.2, 0.25) is 0 Å². The third-order valence-electron chi connectivity index (χ3n) is 3.14. The summed E-state index contributed by atoms with van der Waals surface area (Å²) < 4.78 is 5.82. The fraction of sp³-hybridized carbons (Fsp3) is 0.625. The Bertz CT molecular complexity index is 352. The van der Waals surface area contributed by atoms with E-state index in [1.165, 1.54) is 0 Å².